The lowest BCUT2D eigenvalue weighted by Crippen LogP contribution is -2.29. The summed E-state index contributed by atoms with van der Waals surface area (Å²) in [5.74, 6) is 0.278. The Morgan fingerprint density at radius 2 is 1.71 bits per heavy atom. The molecular weight excluding hydrogens is 296 g/mol. The van der Waals surface area contributed by atoms with Crippen molar-refractivity contribution < 1.29 is 9.53 Å². The summed E-state index contributed by atoms with van der Waals surface area (Å²) >= 11 is 0. The van der Waals surface area contributed by atoms with Crippen LogP contribution < -0.4 is 4.74 Å². The van der Waals surface area contributed by atoms with Crippen LogP contribution >= 0.6 is 0 Å². The van der Waals surface area contributed by atoms with Gasteiger partial charge in [-0.25, -0.2) is 0 Å². The minimum atomic E-state index is -0.180. The summed E-state index contributed by atoms with van der Waals surface area (Å²) < 4.78 is 5.48. The van der Waals surface area contributed by atoms with E-state index in [1.807, 2.05) is 84.9 Å². The average molecular weight is 331 g/mol. The van der Waals surface area contributed by atoms with E-state index in [1.54, 1.807) is 0 Å². The van der Waals surface area contributed by atoms with Gasteiger partial charge in [-0.2, -0.15) is 0 Å². The second-order valence-electron chi connectivity index (χ2n) is 6.60. The molecule has 0 radical (unpaired) electrons. The molecule has 1 aromatic carbocycles. The van der Waals surface area contributed by atoms with E-state index in [9.17, 15) is 4.79 Å². The van der Waals surface area contributed by atoms with Gasteiger partial charge in [0, 0.05) is 0 Å². The number of carbonyl (C=O) groups is 1. The van der Waals surface area contributed by atoms with Crippen molar-refractivity contribution in [1.29, 1.82) is 0 Å². The summed E-state index contributed by atoms with van der Waals surface area (Å²) in [4.78, 5) is 12.1. The van der Waals surface area contributed by atoms with Gasteiger partial charge < -0.3 is 4.74 Å². The van der Waals surface area contributed by atoms with Crippen molar-refractivity contribution in [1.82, 2.24) is 0 Å². The molecule has 0 saturated carbocycles. The average Bonchev–Trinajstić information content (AvgIpc) is 2.57. The monoisotopic (exact) mass is 330 g/mol. The van der Waals surface area contributed by atoms with Gasteiger partial charge in [-0.05, 0) is 42.0 Å². The van der Waals surface area contributed by atoms with Crippen molar-refractivity contribution in [3.05, 3.63) is 48.1 Å². The molecule has 1 unspecified atom stereocenters. The largest absolute Gasteiger partial charge is 0.426 e. The third kappa shape index (κ3) is 7.16. The Labute approximate surface area is 148 Å². The van der Waals surface area contributed by atoms with Crippen molar-refractivity contribution in [3.8, 4) is 5.75 Å². The van der Waals surface area contributed by atoms with Gasteiger partial charge in [0.1, 0.15) is 5.75 Å². The topological polar surface area (TPSA) is 26.3 Å². The first kappa shape index (κ1) is 22.2. The fourth-order valence-corrected chi connectivity index (χ4v) is 1.93. The van der Waals surface area contributed by atoms with Gasteiger partial charge in [-0.1, -0.05) is 78.8 Å². The van der Waals surface area contributed by atoms with Gasteiger partial charge in [0.05, 0.1) is 5.92 Å². The van der Waals surface area contributed by atoms with E-state index in [0.717, 1.165) is 12.0 Å². The van der Waals surface area contributed by atoms with Crippen LogP contribution in [0.1, 0.15) is 67.4 Å². The number of hydrogen-bond acceptors (Lipinski definition) is 2. The first-order valence-electron chi connectivity index (χ1n) is 8.93. The number of hydrogen-bond donors (Lipinski definition) is 0. The maximum Gasteiger partial charge on any atom is 0.314 e. The predicted molar refractivity (Wildman–Crippen MR) is 105 cm³/mol. The third-order valence-electron chi connectivity index (χ3n) is 3.97. The smallest absolute Gasteiger partial charge is 0.314 e. The third-order valence-corrected chi connectivity index (χ3v) is 3.97. The van der Waals surface area contributed by atoms with Crippen LogP contribution in [0.5, 0.6) is 5.75 Å². The molecule has 0 spiro atoms. The van der Waals surface area contributed by atoms with Crippen molar-refractivity contribution >= 4 is 11.5 Å². The van der Waals surface area contributed by atoms with E-state index >= 15 is 0 Å². The van der Waals surface area contributed by atoms with E-state index in [1.165, 1.54) is 5.57 Å². The minimum absolute atomic E-state index is 0.0956. The Hall–Kier alpha value is -1.83. The van der Waals surface area contributed by atoms with Gasteiger partial charge in [0.2, 0.25) is 0 Å². The molecule has 1 rings (SSSR count). The first-order valence-corrected chi connectivity index (χ1v) is 8.93. The van der Waals surface area contributed by atoms with Crippen molar-refractivity contribution in [3.63, 3.8) is 0 Å². The van der Waals surface area contributed by atoms with E-state index < -0.39 is 0 Å². The Balaban J connectivity index is 0.00000254. The maximum atomic E-state index is 12.1. The van der Waals surface area contributed by atoms with E-state index in [4.69, 9.17) is 4.74 Å². The number of esters is 1. The molecule has 2 heteroatoms. The van der Waals surface area contributed by atoms with Crippen LogP contribution in [0.4, 0.5) is 0 Å². The summed E-state index contributed by atoms with van der Waals surface area (Å²) in [6.07, 6.45) is 7.13. The molecule has 0 heterocycles. The lowest BCUT2D eigenvalue weighted by molar-refractivity contribution is -0.141. The standard InChI is InChI=1S/C20H28O2.C2H6/c1-7-9-10-16(8-2)17-11-13-18(14-12-17)22-19(21)15(3)20(4,5)6;1-2/h7,9-15H,8H2,1-6H3;1-2H3/b9-7-,16-10+;. The molecule has 0 aliphatic carbocycles. The number of benzene rings is 1. The van der Waals surface area contributed by atoms with E-state index in [-0.39, 0.29) is 17.3 Å². The normalized spacial score (nSPS) is 13.2. The highest BCUT2D eigenvalue weighted by Gasteiger charge is 2.28. The molecule has 24 heavy (non-hydrogen) atoms. The molecule has 134 valence electrons. The summed E-state index contributed by atoms with van der Waals surface area (Å²) in [5.41, 5.74) is 2.32. The van der Waals surface area contributed by atoms with Crippen LogP contribution in [0.15, 0.2) is 42.5 Å². The molecule has 1 aromatic rings. The molecule has 0 fully saturated rings. The van der Waals surface area contributed by atoms with Crippen molar-refractivity contribution in [2.45, 2.75) is 61.8 Å². The van der Waals surface area contributed by atoms with Crippen LogP contribution in [0.25, 0.3) is 5.57 Å². The number of rotatable bonds is 5. The summed E-state index contributed by atoms with van der Waals surface area (Å²) in [6.45, 7) is 16.2. The van der Waals surface area contributed by atoms with Gasteiger partial charge in [-0.3, -0.25) is 4.79 Å². The van der Waals surface area contributed by atoms with Crippen LogP contribution in [0.3, 0.4) is 0 Å². The zero-order valence-corrected chi connectivity index (χ0v) is 16.6. The molecular formula is C22H34O2. The molecule has 0 amide bonds. The van der Waals surface area contributed by atoms with Crippen LogP contribution in [-0.2, 0) is 4.79 Å². The molecule has 0 aliphatic heterocycles. The zero-order valence-electron chi connectivity index (χ0n) is 16.6. The van der Waals surface area contributed by atoms with Gasteiger partial charge in [0.15, 0.2) is 0 Å². The Bertz CT molecular complexity index is 542. The first-order chi connectivity index (χ1) is 11.3. The van der Waals surface area contributed by atoms with E-state index in [0.29, 0.717) is 5.75 Å². The van der Waals surface area contributed by atoms with Gasteiger partial charge in [0.25, 0.3) is 0 Å². The van der Waals surface area contributed by atoms with Crippen molar-refractivity contribution in [2.75, 3.05) is 0 Å². The summed E-state index contributed by atoms with van der Waals surface area (Å²) in [7, 11) is 0. The maximum absolute atomic E-state index is 12.1. The zero-order chi connectivity index (χ0) is 18.8. The van der Waals surface area contributed by atoms with E-state index in [2.05, 4.69) is 13.0 Å². The van der Waals surface area contributed by atoms with Gasteiger partial charge in [-0.15, -0.1) is 0 Å². The van der Waals surface area contributed by atoms with Crippen molar-refractivity contribution in [2.24, 2.45) is 11.3 Å². The van der Waals surface area contributed by atoms with Gasteiger partial charge >= 0.3 is 5.97 Å². The number of carbonyl (C=O) groups excluding carboxylic acids is 1. The Morgan fingerprint density at radius 1 is 1.17 bits per heavy atom. The fraction of sp³-hybridized carbons (Fsp3) is 0.500. The Morgan fingerprint density at radius 3 is 2.12 bits per heavy atom. The molecule has 0 saturated heterocycles. The Kier molecular flexibility index (Phi) is 10.0. The lowest BCUT2D eigenvalue weighted by atomic mass is 9.82. The SMILES string of the molecule is C/C=C\C=C(/CC)c1ccc(OC(=O)C(C)C(C)(C)C)cc1.CC. The summed E-state index contributed by atoms with van der Waals surface area (Å²) in [6, 6.07) is 7.73. The molecule has 0 aromatic heterocycles. The fourth-order valence-electron chi connectivity index (χ4n) is 1.93. The second kappa shape index (κ2) is 10.9. The molecule has 0 bridgehead atoms. The van der Waals surface area contributed by atoms with Crippen LogP contribution in [-0.4, -0.2) is 5.97 Å². The highest BCUT2D eigenvalue weighted by atomic mass is 16.5. The minimum Gasteiger partial charge on any atom is -0.426 e. The number of ether oxygens (including phenoxy) is 1. The lowest BCUT2D eigenvalue weighted by Gasteiger charge is -2.25. The highest BCUT2D eigenvalue weighted by molar-refractivity contribution is 5.76. The summed E-state index contributed by atoms with van der Waals surface area (Å²) in [5, 5.41) is 0. The second-order valence-corrected chi connectivity index (χ2v) is 6.60. The van der Waals surface area contributed by atoms with Crippen LogP contribution in [0, 0.1) is 11.3 Å². The molecule has 0 N–H and O–H groups in total. The molecule has 1 atom stereocenters. The quantitative estimate of drug-likeness (QED) is 0.342. The van der Waals surface area contributed by atoms with Crippen LogP contribution in [0.2, 0.25) is 0 Å². The predicted octanol–water partition coefficient (Wildman–Crippen LogP) is 6.67. The number of allylic oxidation sites excluding steroid dienone is 4. The molecule has 2 nitrogen and oxygen atoms in total. The highest BCUT2D eigenvalue weighted by Crippen LogP contribution is 2.28. The molecule has 0 aliphatic rings.